The van der Waals surface area contributed by atoms with E-state index in [1.54, 1.807) is 12.1 Å². The Labute approximate surface area is 151 Å². The molecule has 0 saturated carbocycles. The van der Waals surface area contributed by atoms with Gasteiger partial charge in [-0.1, -0.05) is 37.6 Å². The Morgan fingerprint density at radius 3 is 2.80 bits per heavy atom. The molecule has 0 aliphatic rings. The Balaban J connectivity index is 1.70. The highest BCUT2D eigenvalue weighted by Gasteiger charge is 2.25. The molecule has 0 aliphatic carbocycles. The third kappa shape index (κ3) is 4.02. The van der Waals surface area contributed by atoms with E-state index in [1.807, 2.05) is 24.4 Å². The SMILES string of the molecule is CC(C)(CNC(=O)Cc1cccc(F)c1)c1c[nH]c2ccc(Cl)cc12. The van der Waals surface area contributed by atoms with Crippen molar-refractivity contribution in [1.29, 1.82) is 0 Å². The number of aromatic amines is 1. The quantitative estimate of drug-likeness (QED) is 0.688. The normalized spacial score (nSPS) is 11.7. The number of fused-ring (bicyclic) bond motifs is 1. The van der Waals surface area contributed by atoms with Crippen LogP contribution in [0.4, 0.5) is 4.39 Å². The van der Waals surface area contributed by atoms with Gasteiger partial charge in [0.25, 0.3) is 0 Å². The number of H-pyrrole nitrogens is 1. The molecule has 0 spiro atoms. The van der Waals surface area contributed by atoms with Crippen LogP contribution in [0.1, 0.15) is 25.0 Å². The summed E-state index contributed by atoms with van der Waals surface area (Å²) < 4.78 is 13.2. The van der Waals surface area contributed by atoms with E-state index in [-0.39, 0.29) is 23.6 Å². The molecule has 0 radical (unpaired) electrons. The van der Waals surface area contributed by atoms with Crippen molar-refractivity contribution in [2.24, 2.45) is 0 Å². The van der Waals surface area contributed by atoms with Gasteiger partial charge in [0.2, 0.25) is 5.91 Å². The molecule has 0 saturated heterocycles. The summed E-state index contributed by atoms with van der Waals surface area (Å²) in [5.74, 6) is -0.460. The molecule has 0 bridgehead atoms. The van der Waals surface area contributed by atoms with Crippen LogP contribution in [-0.2, 0) is 16.6 Å². The summed E-state index contributed by atoms with van der Waals surface area (Å²) >= 11 is 6.11. The summed E-state index contributed by atoms with van der Waals surface area (Å²) in [6, 6.07) is 11.8. The van der Waals surface area contributed by atoms with Crippen LogP contribution >= 0.6 is 11.6 Å². The molecule has 0 atom stereocenters. The molecule has 5 heteroatoms. The molecule has 0 unspecified atom stereocenters. The van der Waals surface area contributed by atoms with Gasteiger partial charge in [0, 0.05) is 34.1 Å². The first-order chi connectivity index (χ1) is 11.8. The fraction of sp³-hybridized carbons (Fsp3) is 0.250. The number of hydrogen-bond donors (Lipinski definition) is 2. The summed E-state index contributed by atoms with van der Waals surface area (Å²) in [7, 11) is 0. The number of carbonyl (C=O) groups is 1. The lowest BCUT2D eigenvalue weighted by molar-refractivity contribution is -0.120. The molecular weight excluding hydrogens is 339 g/mol. The van der Waals surface area contributed by atoms with Crippen molar-refractivity contribution in [2.45, 2.75) is 25.7 Å². The highest BCUT2D eigenvalue weighted by atomic mass is 35.5. The van der Waals surface area contributed by atoms with E-state index in [4.69, 9.17) is 11.6 Å². The molecule has 1 aromatic heterocycles. The van der Waals surface area contributed by atoms with Crippen LogP contribution < -0.4 is 5.32 Å². The van der Waals surface area contributed by atoms with Crippen molar-refractivity contribution in [1.82, 2.24) is 10.3 Å². The van der Waals surface area contributed by atoms with Crippen molar-refractivity contribution in [3.63, 3.8) is 0 Å². The Hall–Kier alpha value is -2.33. The number of hydrogen-bond acceptors (Lipinski definition) is 1. The van der Waals surface area contributed by atoms with E-state index in [1.165, 1.54) is 12.1 Å². The first-order valence-electron chi connectivity index (χ1n) is 8.13. The number of halogens is 2. The lowest BCUT2D eigenvalue weighted by Crippen LogP contribution is -2.37. The molecule has 2 N–H and O–H groups in total. The fourth-order valence-electron chi connectivity index (χ4n) is 2.96. The predicted octanol–water partition coefficient (Wildman–Crippen LogP) is 4.60. The maximum absolute atomic E-state index is 13.2. The van der Waals surface area contributed by atoms with Crippen LogP contribution in [0.5, 0.6) is 0 Å². The number of rotatable bonds is 5. The Kier molecular flexibility index (Phi) is 4.82. The second kappa shape index (κ2) is 6.89. The third-order valence-electron chi connectivity index (χ3n) is 4.35. The zero-order valence-electron chi connectivity index (χ0n) is 14.2. The zero-order valence-corrected chi connectivity index (χ0v) is 15.0. The number of nitrogens with one attached hydrogen (secondary N) is 2. The van der Waals surface area contributed by atoms with Gasteiger partial charge in [0.15, 0.2) is 0 Å². The molecule has 1 heterocycles. The minimum Gasteiger partial charge on any atom is -0.361 e. The van der Waals surface area contributed by atoms with Gasteiger partial charge in [-0.2, -0.15) is 0 Å². The van der Waals surface area contributed by atoms with Crippen molar-refractivity contribution >= 4 is 28.4 Å². The van der Waals surface area contributed by atoms with E-state index in [9.17, 15) is 9.18 Å². The van der Waals surface area contributed by atoms with Crippen LogP contribution in [0.3, 0.4) is 0 Å². The Bertz CT molecular complexity index is 917. The first-order valence-corrected chi connectivity index (χ1v) is 8.51. The average Bonchev–Trinajstić information content (AvgIpc) is 2.97. The maximum atomic E-state index is 13.2. The van der Waals surface area contributed by atoms with E-state index >= 15 is 0 Å². The van der Waals surface area contributed by atoms with Gasteiger partial charge < -0.3 is 10.3 Å². The minimum absolute atomic E-state index is 0.128. The lowest BCUT2D eigenvalue weighted by atomic mass is 9.84. The smallest absolute Gasteiger partial charge is 0.224 e. The molecular formula is C20H20ClFN2O. The van der Waals surface area contributed by atoms with Gasteiger partial charge in [-0.3, -0.25) is 4.79 Å². The van der Waals surface area contributed by atoms with Gasteiger partial charge in [0.05, 0.1) is 6.42 Å². The average molecular weight is 359 g/mol. The third-order valence-corrected chi connectivity index (χ3v) is 4.59. The van der Waals surface area contributed by atoms with E-state index < -0.39 is 0 Å². The van der Waals surface area contributed by atoms with Crippen LogP contribution in [0.2, 0.25) is 5.02 Å². The molecule has 25 heavy (non-hydrogen) atoms. The van der Waals surface area contributed by atoms with Crippen LogP contribution in [-0.4, -0.2) is 17.4 Å². The summed E-state index contributed by atoms with van der Waals surface area (Å²) in [5, 5.41) is 4.68. The molecule has 3 nitrogen and oxygen atoms in total. The number of benzene rings is 2. The summed E-state index contributed by atoms with van der Waals surface area (Å²) in [6.45, 7) is 4.61. The van der Waals surface area contributed by atoms with Gasteiger partial charge >= 0.3 is 0 Å². The van der Waals surface area contributed by atoms with Crippen molar-refractivity contribution in [2.75, 3.05) is 6.54 Å². The second-order valence-electron chi connectivity index (χ2n) is 6.86. The summed E-state index contributed by atoms with van der Waals surface area (Å²) in [4.78, 5) is 15.4. The Morgan fingerprint density at radius 1 is 1.24 bits per heavy atom. The Morgan fingerprint density at radius 2 is 2.04 bits per heavy atom. The van der Waals surface area contributed by atoms with E-state index in [0.29, 0.717) is 17.1 Å². The highest BCUT2D eigenvalue weighted by molar-refractivity contribution is 6.31. The maximum Gasteiger partial charge on any atom is 0.224 e. The molecule has 3 rings (SSSR count). The van der Waals surface area contributed by atoms with E-state index in [0.717, 1.165) is 16.5 Å². The summed E-state index contributed by atoms with van der Waals surface area (Å²) in [6.07, 6.45) is 2.12. The molecule has 2 aromatic carbocycles. The van der Waals surface area contributed by atoms with Gasteiger partial charge in [0.1, 0.15) is 5.82 Å². The van der Waals surface area contributed by atoms with Gasteiger partial charge in [-0.15, -0.1) is 0 Å². The van der Waals surface area contributed by atoms with Crippen LogP contribution in [0.15, 0.2) is 48.7 Å². The number of carbonyl (C=O) groups excluding carboxylic acids is 1. The molecule has 0 fully saturated rings. The number of amides is 1. The summed E-state index contributed by atoms with van der Waals surface area (Å²) in [5.41, 5.74) is 2.49. The second-order valence-corrected chi connectivity index (χ2v) is 7.30. The van der Waals surface area contributed by atoms with Gasteiger partial charge in [-0.05, 0) is 41.5 Å². The highest BCUT2D eigenvalue weighted by Crippen LogP contribution is 2.31. The minimum atomic E-state index is -0.332. The van der Waals surface area contributed by atoms with Crippen molar-refractivity contribution < 1.29 is 9.18 Å². The molecule has 3 aromatic rings. The standard InChI is InChI=1S/C20H20ClFN2O/c1-20(2,17-11-23-18-7-6-14(21)10-16(17)18)12-24-19(25)9-13-4-3-5-15(22)8-13/h3-8,10-11,23H,9,12H2,1-2H3,(H,24,25). The predicted molar refractivity (Wildman–Crippen MR) is 99.4 cm³/mol. The fourth-order valence-corrected chi connectivity index (χ4v) is 3.13. The largest absolute Gasteiger partial charge is 0.361 e. The van der Waals surface area contributed by atoms with Gasteiger partial charge in [-0.25, -0.2) is 4.39 Å². The van der Waals surface area contributed by atoms with Crippen LogP contribution in [0, 0.1) is 5.82 Å². The number of aromatic nitrogens is 1. The lowest BCUT2D eigenvalue weighted by Gasteiger charge is -2.25. The molecule has 1 amide bonds. The van der Waals surface area contributed by atoms with Crippen molar-refractivity contribution in [3.8, 4) is 0 Å². The molecule has 0 aliphatic heterocycles. The monoisotopic (exact) mass is 358 g/mol. The molecule has 130 valence electrons. The zero-order chi connectivity index (χ0) is 18.0. The topological polar surface area (TPSA) is 44.9 Å². The van der Waals surface area contributed by atoms with Crippen LogP contribution in [0.25, 0.3) is 10.9 Å². The first kappa shape index (κ1) is 17.5. The van der Waals surface area contributed by atoms with E-state index in [2.05, 4.69) is 24.1 Å². The van der Waals surface area contributed by atoms with Crippen molar-refractivity contribution in [3.05, 3.63) is 70.6 Å².